The Labute approximate surface area is 184 Å². The van der Waals surface area contributed by atoms with E-state index in [1.54, 1.807) is 21.9 Å². The van der Waals surface area contributed by atoms with E-state index >= 15 is 0 Å². The van der Waals surface area contributed by atoms with Crippen molar-refractivity contribution in [3.63, 3.8) is 0 Å². The first-order chi connectivity index (χ1) is 15.7. The highest BCUT2D eigenvalue weighted by molar-refractivity contribution is 6.06. The molecule has 0 aliphatic carbocycles. The van der Waals surface area contributed by atoms with Crippen molar-refractivity contribution >= 4 is 16.9 Å². The van der Waals surface area contributed by atoms with Crippen LogP contribution in [0.2, 0.25) is 0 Å². The van der Waals surface area contributed by atoms with Crippen LogP contribution in [0.4, 0.5) is 0 Å². The molecule has 3 aromatic heterocycles. The molecular formula is C24H21N7O. The molecule has 8 heteroatoms. The zero-order chi connectivity index (χ0) is 21.9. The molecule has 0 aliphatic rings. The number of rotatable bonds is 6. The predicted octanol–water partition coefficient (Wildman–Crippen LogP) is 3.63. The maximum absolute atomic E-state index is 13.2. The third kappa shape index (κ3) is 3.74. The van der Waals surface area contributed by atoms with Gasteiger partial charge < -0.3 is 5.32 Å². The van der Waals surface area contributed by atoms with Gasteiger partial charge in [0.15, 0.2) is 5.65 Å². The summed E-state index contributed by atoms with van der Waals surface area (Å²) in [6, 6.07) is 19.5. The summed E-state index contributed by atoms with van der Waals surface area (Å²) in [5.74, 6) is -0.161. The third-order valence-electron chi connectivity index (χ3n) is 5.30. The summed E-state index contributed by atoms with van der Waals surface area (Å²) in [6.07, 6.45) is 4.85. The molecule has 32 heavy (non-hydrogen) atoms. The molecule has 0 saturated heterocycles. The fourth-order valence-electron chi connectivity index (χ4n) is 3.61. The SMILES string of the molecule is CCn1ncc2c(C(=O)NCc3ccc(-n4cncn4)cc3)cc(-c3ccccc3)nc21. The van der Waals surface area contributed by atoms with E-state index in [1.165, 1.54) is 6.33 Å². The van der Waals surface area contributed by atoms with E-state index in [4.69, 9.17) is 4.98 Å². The van der Waals surface area contributed by atoms with Gasteiger partial charge in [0.05, 0.1) is 28.5 Å². The maximum Gasteiger partial charge on any atom is 0.252 e. The van der Waals surface area contributed by atoms with Gasteiger partial charge in [-0.25, -0.2) is 19.3 Å². The molecule has 5 rings (SSSR count). The molecule has 0 aliphatic heterocycles. The number of carbonyl (C=O) groups excluding carboxylic acids is 1. The fraction of sp³-hybridized carbons (Fsp3) is 0.125. The monoisotopic (exact) mass is 423 g/mol. The summed E-state index contributed by atoms with van der Waals surface area (Å²) in [5.41, 5.74) is 4.86. The predicted molar refractivity (Wildman–Crippen MR) is 121 cm³/mol. The Balaban J connectivity index is 1.42. The van der Waals surface area contributed by atoms with Crippen molar-refractivity contribution in [2.24, 2.45) is 0 Å². The van der Waals surface area contributed by atoms with Crippen LogP contribution in [-0.2, 0) is 13.1 Å². The Hall–Kier alpha value is -4.33. The highest BCUT2D eigenvalue weighted by atomic mass is 16.1. The Kier molecular flexibility index (Phi) is 5.17. The van der Waals surface area contributed by atoms with Crippen LogP contribution in [0, 0.1) is 0 Å². The van der Waals surface area contributed by atoms with Gasteiger partial charge in [-0.3, -0.25) is 4.79 Å². The van der Waals surface area contributed by atoms with Crippen molar-refractivity contribution in [2.75, 3.05) is 0 Å². The molecule has 0 radical (unpaired) electrons. The van der Waals surface area contributed by atoms with Gasteiger partial charge in [-0.2, -0.15) is 10.2 Å². The zero-order valence-corrected chi connectivity index (χ0v) is 17.5. The summed E-state index contributed by atoms with van der Waals surface area (Å²) in [5, 5.41) is 12.3. The van der Waals surface area contributed by atoms with Crippen LogP contribution in [-0.4, -0.2) is 35.4 Å². The largest absolute Gasteiger partial charge is 0.348 e. The molecule has 0 bridgehead atoms. The molecule has 0 spiro atoms. The van der Waals surface area contributed by atoms with Crippen LogP contribution in [0.3, 0.4) is 0 Å². The highest BCUT2D eigenvalue weighted by Gasteiger charge is 2.17. The molecule has 0 fully saturated rings. The number of benzene rings is 2. The lowest BCUT2D eigenvalue weighted by Crippen LogP contribution is -2.23. The summed E-state index contributed by atoms with van der Waals surface area (Å²) < 4.78 is 3.49. The normalized spacial score (nSPS) is 11.0. The topological polar surface area (TPSA) is 90.5 Å². The number of amides is 1. The van der Waals surface area contributed by atoms with Gasteiger partial charge in [-0.1, -0.05) is 42.5 Å². The number of hydrogen-bond donors (Lipinski definition) is 1. The molecule has 0 atom stereocenters. The van der Waals surface area contributed by atoms with E-state index < -0.39 is 0 Å². The number of aromatic nitrogens is 6. The standard InChI is InChI=1S/C24H21N7O/c1-2-30-23-21(14-27-30)20(12-22(29-23)18-6-4-3-5-7-18)24(32)26-13-17-8-10-19(11-9-17)31-16-25-15-28-31/h3-12,14-16H,2,13H2,1H3,(H,26,32). The average molecular weight is 423 g/mol. The number of nitrogens with one attached hydrogen (secondary N) is 1. The molecule has 3 heterocycles. The number of hydrogen-bond acceptors (Lipinski definition) is 5. The first-order valence-corrected chi connectivity index (χ1v) is 10.4. The molecule has 0 unspecified atom stereocenters. The minimum Gasteiger partial charge on any atom is -0.348 e. The highest BCUT2D eigenvalue weighted by Crippen LogP contribution is 2.25. The van der Waals surface area contributed by atoms with Crippen LogP contribution in [0.25, 0.3) is 28.0 Å². The average Bonchev–Trinajstić information content (AvgIpc) is 3.53. The van der Waals surface area contributed by atoms with E-state index in [1.807, 2.05) is 67.6 Å². The van der Waals surface area contributed by atoms with Crippen molar-refractivity contribution in [3.8, 4) is 16.9 Å². The van der Waals surface area contributed by atoms with Crippen LogP contribution < -0.4 is 5.32 Å². The maximum atomic E-state index is 13.2. The number of nitrogens with zero attached hydrogens (tertiary/aromatic N) is 6. The van der Waals surface area contributed by atoms with Crippen LogP contribution >= 0.6 is 0 Å². The Morgan fingerprint density at radius 3 is 2.56 bits per heavy atom. The van der Waals surface area contributed by atoms with Crippen molar-refractivity contribution in [1.29, 1.82) is 0 Å². The summed E-state index contributed by atoms with van der Waals surface area (Å²) in [4.78, 5) is 21.9. The minimum atomic E-state index is -0.161. The van der Waals surface area contributed by atoms with Crippen LogP contribution in [0.15, 0.2) is 79.5 Å². The van der Waals surface area contributed by atoms with Crippen LogP contribution in [0.1, 0.15) is 22.8 Å². The van der Waals surface area contributed by atoms with Crippen molar-refractivity contribution in [1.82, 2.24) is 34.8 Å². The lowest BCUT2D eigenvalue weighted by molar-refractivity contribution is 0.0952. The van der Waals surface area contributed by atoms with Gasteiger partial charge in [-0.15, -0.1) is 0 Å². The van der Waals surface area contributed by atoms with E-state index in [-0.39, 0.29) is 5.91 Å². The van der Waals surface area contributed by atoms with Crippen molar-refractivity contribution < 1.29 is 4.79 Å². The van der Waals surface area contributed by atoms with Crippen LogP contribution in [0.5, 0.6) is 0 Å². The van der Waals surface area contributed by atoms with Crippen molar-refractivity contribution in [3.05, 3.63) is 90.6 Å². The molecule has 1 N–H and O–H groups in total. The van der Waals surface area contributed by atoms with E-state index in [2.05, 4.69) is 20.5 Å². The first kappa shape index (κ1) is 19.6. The lowest BCUT2D eigenvalue weighted by Gasteiger charge is -2.10. The molecule has 8 nitrogen and oxygen atoms in total. The summed E-state index contributed by atoms with van der Waals surface area (Å²) >= 11 is 0. The fourth-order valence-corrected chi connectivity index (χ4v) is 3.61. The van der Waals surface area contributed by atoms with Gasteiger partial charge in [-0.05, 0) is 30.7 Å². The molecule has 1 amide bonds. The van der Waals surface area contributed by atoms with Gasteiger partial charge in [0.1, 0.15) is 12.7 Å². The third-order valence-corrected chi connectivity index (χ3v) is 5.30. The van der Waals surface area contributed by atoms with E-state index in [0.29, 0.717) is 24.3 Å². The van der Waals surface area contributed by atoms with Gasteiger partial charge in [0.2, 0.25) is 0 Å². The quantitative estimate of drug-likeness (QED) is 0.450. The first-order valence-electron chi connectivity index (χ1n) is 10.4. The van der Waals surface area contributed by atoms with E-state index in [0.717, 1.165) is 27.9 Å². The Bertz CT molecular complexity index is 1360. The number of carbonyl (C=O) groups is 1. The van der Waals surface area contributed by atoms with Gasteiger partial charge >= 0.3 is 0 Å². The molecule has 158 valence electrons. The zero-order valence-electron chi connectivity index (χ0n) is 17.5. The smallest absolute Gasteiger partial charge is 0.252 e. The molecule has 5 aromatic rings. The lowest BCUT2D eigenvalue weighted by atomic mass is 10.1. The summed E-state index contributed by atoms with van der Waals surface area (Å²) in [7, 11) is 0. The molecular weight excluding hydrogens is 402 g/mol. The van der Waals surface area contributed by atoms with Gasteiger partial charge in [0.25, 0.3) is 5.91 Å². The minimum absolute atomic E-state index is 0.161. The van der Waals surface area contributed by atoms with Crippen molar-refractivity contribution in [2.45, 2.75) is 20.0 Å². The number of pyridine rings is 1. The van der Waals surface area contributed by atoms with Gasteiger partial charge in [0, 0.05) is 18.7 Å². The number of fused-ring (bicyclic) bond motifs is 1. The second-order valence-electron chi connectivity index (χ2n) is 7.31. The Morgan fingerprint density at radius 1 is 1.03 bits per heavy atom. The van der Waals surface area contributed by atoms with E-state index in [9.17, 15) is 4.79 Å². The summed E-state index contributed by atoms with van der Waals surface area (Å²) in [6.45, 7) is 3.09. The second kappa shape index (κ2) is 8.43. The second-order valence-corrected chi connectivity index (χ2v) is 7.31. The molecule has 0 saturated carbocycles. The molecule has 2 aromatic carbocycles. The number of aryl methyl sites for hydroxylation is 1. The Morgan fingerprint density at radius 2 is 1.84 bits per heavy atom.